The molecule has 5 rings (SSSR count). The SMILES string of the molecule is O=C(OC1C2CC3COC1C3O2)C1CC2C=CC1C2. The van der Waals surface area contributed by atoms with Crippen LogP contribution in [0.5, 0.6) is 0 Å². The number of carbonyl (C=O) groups is 1. The summed E-state index contributed by atoms with van der Waals surface area (Å²) in [4.78, 5) is 12.4. The lowest BCUT2D eigenvalue weighted by atomic mass is 9.88. The van der Waals surface area contributed by atoms with E-state index < -0.39 is 0 Å². The molecule has 3 heterocycles. The van der Waals surface area contributed by atoms with E-state index in [4.69, 9.17) is 14.2 Å². The van der Waals surface area contributed by atoms with Gasteiger partial charge in [0.15, 0.2) is 6.10 Å². The van der Waals surface area contributed by atoms with Gasteiger partial charge in [0.1, 0.15) is 6.10 Å². The second-order valence-electron chi connectivity index (χ2n) is 6.72. The fourth-order valence-electron chi connectivity index (χ4n) is 4.76. The molecule has 8 atom stereocenters. The second kappa shape index (κ2) is 3.61. The van der Waals surface area contributed by atoms with Crippen molar-refractivity contribution >= 4 is 5.97 Å². The molecule has 0 radical (unpaired) electrons. The maximum Gasteiger partial charge on any atom is 0.310 e. The Labute approximate surface area is 112 Å². The first kappa shape index (κ1) is 10.9. The summed E-state index contributed by atoms with van der Waals surface area (Å²) in [6.07, 6.45) is 7.66. The highest BCUT2D eigenvalue weighted by molar-refractivity contribution is 5.74. The highest BCUT2D eigenvalue weighted by Crippen LogP contribution is 2.48. The molecule has 2 aliphatic carbocycles. The molecule has 0 spiro atoms. The monoisotopic (exact) mass is 262 g/mol. The van der Waals surface area contributed by atoms with Crippen molar-refractivity contribution in [2.24, 2.45) is 23.7 Å². The van der Waals surface area contributed by atoms with E-state index in [1.165, 1.54) is 0 Å². The summed E-state index contributed by atoms with van der Waals surface area (Å²) in [5, 5.41) is 0. The zero-order valence-corrected chi connectivity index (χ0v) is 10.7. The van der Waals surface area contributed by atoms with Crippen molar-refractivity contribution in [3.63, 3.8) is 0 Å². The van der Waals surface area contributed by atoms with Crippen LogP contribution in [0.4, 0.5) is 0 Å². The highest BCUT2D eigenvalue weighted by Gasteiger charge is 2.61. The molecular weight excluding hydrogens is 244 g/mol. The van der Waals surface area contributed by atoms with Crippen LogP contribution in [0.25, 0.3) is 0 Å². The van der Waals surface area contributed by atoms with Crippen LogP contribution in [-0.4, -0.2) is 37.0 Å². The number of allylic oxidation sites excluding steroid dienone is 2. The van der Waals surface area contributed by atoms with Crippen molar-refractivity contribution in [2.45, 2.75) is 43.7 Å². The van der Waals surface area contributed by atoms with Crippen LogP contribution in [0.15, 0.2) is 12.2 Å². The summed E-state index contributed by atoms with van der Waals surface area (Å²) in [6.45, 7) is 0.775. The smallest absolute Gasteiger partial charge is 0.310 e. The minimum Gasteiger partial charge on any atom is -0.456 e. The predicted octanol–water partition coefficient (Wildman–Crippen LogP) is 1.30. The number of rotatable bonds is 2. The molecule has 3 saturated heterocycles. The molecule has 0 aromatic rings. The minimum absolute atomic E-state index is 0.00170. The van der Waals surface area contributed by atoms with E-state index >= 15 is 0 Å². The van der Waals surface area contributed by atoms with E-state index in [1.807, 2.05) is 0 Å². The van der Waals surface area contributed by atoms with E-state index in [1.54, 1.807) is 0 Å². The molecule has 1 saturated carbocycles. The molecular formula is C15H18O4. The zero-order chi connectivity index (χ0) is 12.6. The van der Waals surface area contributed by atoms with Gasteiger partial charge < -0.3 is 14.2 Å². The minimum atomic E-state index is -0.153. The molecule has 19 heavy (non-hydrogen) atoms. The van der Waals surface area contributed by atoms with Gasteiger partial charge in [0.25, 0.3) is 0 Å². The summed E-state index contributed by atoms with van der Waals surface area (Å²) in [6, 6.07) is 0. The molecule has 4 heteroatoms. The lowest BCUT2D eigenvalue weighted by molar-refractivity contribution is -0.162. The van der Waals surface area contributed by atoms with Crippen molar-refractivity contribution in [2.75, 3.05) is 6.61 Å². The molecule has 102 valence electrons. The third-order valence-corrected chi connectivity index (χ3v) is 5.68. The number of hydrogen-bond acceptors (Lipinski definition) is 4. The van der Waals surface area contributed by atoms with Crippen molar-refractivity contribution in [3.05, 3.63) is 12.2 Å². The van der Waals surface area contributed by atoms with E-state index in [0.29, 0.717) is 17.8 Å². The molecule has 8 unspecified atom stereocenters. The molecule has 4 fully saturated rings. The van der Waals surface area contributed by atoms with E-state index in [9.17, 15) is 4.79 Å². The lowest BCUT2D eigenvalue weighted by Crippen LogP contribution is -2.41. The van der Waals surface area contributed by atoms with Crippen molar-refractivity contribution in [3.8, 4) is 0 Å². The van der Waals surface area contributed by atoms with Crippen molar-refractivity contribution < 1.29 is 19.0 Å². The largest absolute Gasteiger partial charge is 0.456 e. The number of hydrogen-bond donors (Lipinski definition) is 0. The Kier molecular flexibility index (Phi) is 2.06. The van der Waals surface area contributed by atoms with Crippen molar-refractivity contribution in [1.29, 1.82) is 0 Å². The number of fused-ring (bicyclic) bond motifs is 3. The Balaban J connectivity index is 1.31. The van der Waals surface area contributed by atoms with Crippen LogP contribution < -0.4 is 0 Å². The number of esters is 1. The third kappa shape index (κ3) is 1.39. The molecule has 0 amide bonds. The van der Waals surface area contributed by atoms with Crippen LogP contribution in [0.1, 0.15) is 19.3 Å². The third-order valence-electron chi connectivity index (χ3n) is 5.68. The Hall–Kier alpha value is -0.870. The van der Waals surface area contributed by atoms with Gasteiger partial charge in [-0.15, -0.1) is 0 Å². The van der Waals surface area contributed by atoms with E-state index in [0.717, 1.165) is 25.9 Å². The molecule has 0 aromatic carbocycles. The van der Waals surface area contributed by atoms with Gasteiger partial charge in [-0.3, -0.25) is 4.79 Å². The van der Waals surface area contributed by atoms with Gasteiger partial charge in [-0.2, -0.15) is 0 Å². The Morgan fingerprint density at radius 2 is 2.11 bits per heavy atom. The molecule has 5 aliphatic rings. The molecule has 3 aliphatic heterocycles. The maximum absolute atomic E-state index is 12.4. The van der Waals surface area contributed by atoms with Crippen LogP contribution >= 0.6 is 0 Å². The molecule has 4 bridgehead atoms. The summed E-state index contributed by atoms with van der Waals surface area (Å²) in [5.41, 5.74) is 0. The number of ether oxygens (including phenoxy) is 3. The second-order valence-corrected chi connectivity index (χ2v) is 6.72. The van der Waals surface area contributed by atoms with E-state index in [-0.39, 0.29) is 36.3 Å². The van der Waals surface area contributed by atoms with Gasteiger partial charge in [-0.05, 0) is 31.1 Å². The predicted molar refractivity (Wildman–Crippen MR) is 65.2 cm³/mol. The van der Waals surface area contributed by atoms with Gasteiger partial charge in [0.05, 0.1) is 24.7 Å². The highest BCUT2D eigenvalue weighted by atomic mass is 16.6. The normalized spacial score (nSPS) is 56.2. The van der Waals surface area contributed by atoms with Gasteiger partial charge >= 0.3 is 5.97 Å². The maximum atomic E-state index is 12.4. The molecule has 0 aromatic heterocycles. The molecule has 0 N–H and O–H groups in total. The Bertz CT molecular complexity index is 457. The fourth-order valence-corrected chi connectivity index (χ4v) is 4.76. The van der Waals surface area contributed by atoms with Gasteiger partial charge in [0, 0.05) is 5.92 Å². The van der Waals surface area contributed by atoms with Crippen LogP contribution in [0.3, 0.4) is 0 Å². The first-order chi connectivity index (χ1) is 9.29. The topological polar surface area (TPSA) is 44.8 Å². The zero-order valence-electron chi connectivity index (χ0n) is 10.7. The van der Waals surface area contributed by atoms with Gasteiger partial charge in [0.2, 0.25) is 0 Å². The van der Waals surface area contributed by atoms with E-state index in [2.05, 4.69) is 12.2 Å². The van der Waals surface area contributed by atoms with Crippen LogP contribution in [-0.2, 0) is 19.0 Å². The first-order valence-corrected chi connectivity index (χ1v) is 7.45. The molecule has 4 nitrogen and oxygen atoms in total. The fraction of sp³-hybridized carbons (Fsp3) is 0.800. The van der Waals surface area contributed by atoms with Crippen LogP contribution in [0, 0.1) is 23.7 Å². The summed E-state index contributed by atoms with van der Waals surface area (Å²) >= 11 is 0. The van der Waals surface area contributed by atoms with Crippen LogP contribution in [0.2, 0.25) is 0 Å². The Morgan fingerprint density at radius 1 is 1.16 bits per heavy atom. The Morgan fingerprint density at radius 3 is 2.89 bits per heavy atom. The number of carbonyl (C=O) groups excluding carboxylic acids is 1. The van der Waals surface area contributed by atoms with Crippen molar-refractivity contribution in [1.82, 2.24) is 0 Å². The first-order valence-electron chi connectivity index (χ1n) is 7.45. The average molecular weight is 262 g/mol. The van der Waals surface area contributed by atoms with Gasteiger partial charge in [-0.25, -0.2) is 0 Å². The summed E-state index contributed by atoms with van der Waals surface area (Å²) in [5.74, 6) is 1.60. The summed E-state index contributed by atoms with van der Waals surface area (Å²) < 4.78 is 17.4. The summed E-state index contributed by atoms with van der Waals surface area (Å²) in [7, 11) is 0. The lowest BCUT2D eigenvalue weighted by Gasteiger charge is -2.26. The average Bonchev–Trinajstić information content (AvgIpc) is 3.15. The van der Waals surface area contributed by atoms with Gasteiger partial charge in [-0.1, -0.05) is 12.2 Å². The quantitative estimate of drug-likeness (QED) is 0.556. The standard InChI is InChI=1S/C15H18O4/c16-15(10-4-7-1-2-8(10)3-7)19-13-11-5-9-6-17-14(13)12(9)18-11/h1-2,7-14H,3-6H2.